The van der Waals surface area contributed by atoms with Crippen LogP contribution >= 0.6 is 11.6 Å². The second-order valence-electron chi connectivity index (χ2n) is 8.96. The van der Waals surface area contributed by atoms with Gasteiger partial charge in [0.05, 0.1) is 5.56 Å². The molecule has 34 heavy (non-hydrogen) atoms. The Hall–Kier alpha value is -3.46. The minimum Gasteiger partial charge on any atom is -0.423 e. The molecule has 0 unspecified atom stereocenters. The number of ketones is 1. The molecule has 2 N–H and O–H groups in total. The fourth-order valence-electron chi connectivity index (χ4n) is 4.57. The second-order valence-corrected chi connectivity index (χ2v) is 9.37. The highest BCUT2D eigenvalue weighted by Gasteiger charge is 2.51. The molecule has 3 aromatic rings. The van der Waals surface area contributed by atoms with E-state index < -0.39 is 17.2 Å². The van der Waals surface area contributed by atoms with Gasteiger partial charge in [-0.25, -0.2) is 0 Å². The summed E-state index contributed by atoms with van der Waals surface area (Å²) in [4.78, 5) is 39.5. The molecule has 9 nitrogen and oxygen atoms in total. The zero-order chi connectivity index (χ0) is 24.2. The summed E-state index contributed by atoms with van der Waals surface area (Å²) in [6.45, 7) is 5.86. The van der Waals surface area contributed by atoms with Crippen molar-refractivity contribution in [1.29, 1.82) is 0 Å². The van der Waals surface area contributed by atoms with Crippen LogP contribution in [0.3, 0.4) is 0 Å². The van der Waals surface area contributed by atoms with E-state index in [1.54, 1.807) is 26.0 Å². The van der Waals surface area contributed by atoms with Crippen LogP contribution in [-0.4, -0.2) is 32.4 Å². The van der Waals surface area contributed by atoms with Gasteiger partial charge in [0.2, 0.25) is 11.8 Å². The Bertz CT molecular complexity index is 1350. The number of carbonyl (C=O) groups is 3. The van der Waals surface area contributed by atoms with Crippen molar-refractivity contribution in [2.75, 3.05) is 5.32 Å². The molecule has 2 aliphatic rings. The van der Waals surface area contributed by atoms with Crippen LogP contribution in [0.15, 0.2) is 22.6 Å². The van der Waals surface area contributed by atoms with Crippen LogP contribution in [0, 0.1) is 20.8 Å². The van der Waals surface area contributed by atoms with Gasteiger partial charge in [-0.1, -0.05) is 17.7 Å². The summed E-state index contributed by atoms with van der Waals surface area (Å²) in [7, 11) is 0. The molecule has 5 rings (SSSR count). The number of hydrogen-bond donors (Lipinski definition) is 2. The largest absolute Gasteiger partial charge is 0.423 e. The van der Waals surface area contributed by atoms with Crippen LogP contribution in [-0.2, 0) is 23.3 Å². The molecule has 0 radical (unpaired) electrons. The molecule has 3 heterocycles. The first-order valence-electron chi connectivity index (χ1n) is 11.2. The fraction of sp³-hybridized carbons (Fsp3) is 0.375. The predicted octanol–water partition coefficient (Wildman–Crippen LogP) is 3.64. The van der Waals surface area contributed by atoms with E-state index in [2.05, 4.69) is 20.8 Å². The third-order valence-electron chi connectivity index (χ3n) is 6.53. The number of nitrogens with zero attached hydrogens (tertiary/aromatic N) is 3. The Morgan fingerprint density at radius 2 is 1.91 bits per heavy atom. The van der Waals surface area contributed by atoms with E-state index in [-0.39, 0.29) is 5.91 Å². The molecule has 1 saturated carbocycles. The summed E-state index contributed by atoms with van der Waals surface area (Å²) < 4.78 is 7.33. The van der Waals surface area contributed by atoms with E-state index in [1.165, 1.54) is 0 Å². The highest BCUT2D eigenvalue weighted by molar-refractivity contribution is 6.44. The summed E-state index contributed by atoms with van der Waals surface area (Å²) >= 11 is 6.19. The Kier molecular flexibility index (Phi) is 5.31. The minimum absolute atomic E-state index is 0.291. The monoisotopic (exact) mass is 481 g/mol. The molecule has 0 atom stereocenters. The van der Waals surface area contributed by atoms with E-state index >= 15 is 0 Å². The van der Waals surface area contributed by atoms with Gasteiger partial charge in [-0.3, -0.25) is 14.4 Å². The number of aryl methyl sites for hydroxylation is 2. The quantitative estimate of drug-likeness (QED) is 0.410. The maximum absolute atomic E-state index is 13.3. The Morgan fingerprint density at radius 1 is 1.15 bits per heavy atom. The summed E-state index contributed by atoms with van der Waals surface area (Å²) in [5.41, 5.74) is 2.54. The second kappa shape index (κ2) is 8.09. The van der Waals surface area contributed by atoms with Crippen LogP contribution < -0.4 is 10.6 Å². The maximum Gasteiger partial charge on any atom is 0.293 e. The lowest BCUT2D eigenvalue weighted by Crippen LogP contribution is -2.40. The zero-order valence-electron chi connectivity index (χ0n) is 19.1. The lowest BCUT2D eigenvalue weighted by Gasteiger charge is -2.13. The van der Waals surface area contributed by atoms with Gasteiger partial charge in [-0.15, -0.1) is 10.2 Å². The molecule has 0 spiro atoms. The predicted molar refractivity (Wildman–Crippen MR) is 124 cm³/mol. The molecular formula is C24H24ClN5O4. The van der Waals surface area contributed by atoms with Crippen molar-refractivity contribution in [2.45, 2.75) is 58.5 Å². The van der Waals surface area contributed by atoms with Crippen molar-refractivity contribution in [1.82, 2.24) is 20.1 Å². The van der Waals surface area contributed by atoms with Crippen molar-refractivity contribution in [3.63, 3.8) is 0 Å². The van der Waals surface area contributed by atoms with E-state index in [1.807, 2.05) is 17.6 Å². The van der Waals surface area contributed by atoms with Crippen molar-refractivity contribution < 1.29 is 18.8 Å². The number of fused-ring (bicyclic) bond motifs is 1. The standard InChI is InChI=1S/C24H24ClN5O4/c1-12-6-7-15(11-16(12)25)26-21(32)19-13(2)18(17-5-4-10-30(17)19)20(31)22(33)27-24(8-9-24)23-29-28-14(3)34-23/h6-7,11H,4-5,8-10H2,1-3H3,(H,26,32)(H,27,33). The molecule has 176 valence electrons. The maximum atomic E-state index is 13.3. The summed E-state index contributed by atoms with van der Waals surface area (Å²) in [6.07, 6.45) is 2.65. The molecule has 2 amide bonds. The van der Waals surface area contributed by atoms with E-state index in [0.29, 0.717) is 70.8 Å². The fourth-order valence-corrected chi connectivity index (χ4v) is 4.75. The average Bonchev–Trinajstić information content (AvgIpc) is 3.08. The Morgan fingerprint density at radius 3 is 2.56 bits per heavy atom. The number of aromatic nitrogens is 3. The Labute approximate surface area is 200 Å². The zero-order valence-corrected chi connectivity index (χ0v) is 19.9. The van der Waals surface area contributed by atoms with Gasteiger partial charge >= 0.3 is 0 Å². The molecule has 1 fully saturated rings. The first-order valence-corrected chi connectivity index (χ1v) is 11.5. The first kappa shape index (κ1) is 22.3. The number of Topliss-reactive ketones (excluding diaryl/α,β-unsaturated/α-hetero) is 1. The third-order valence-corrected chi connectivity index (χ3v) is 6.93. The molecule has 2 aromatic heterocycles. The van der Waals surface area contributed by atoms with Gasteiger partial charge in [0.15, 0.2) is 0 Å². The van der Waals surface area contributed by atoms with Crippen molar-refractivity contribution in [3.8, 4) is 0 Å². The number of hydrogen-bond acceptors (Lipinski definition) is 6. The van der Waals surface area contributed by atoms with Gasteiger partial charge in [-0.05, 0) is 62.8 Å². The summed E-state index contributed by atoms with van der Waals surface area (Å²) in [5.74, 6) is -1.05. The average molecular weight is 482 g/mol. The van der Waals surface area contributed by atoms with Crippen molar-refractivity contribution >= 4 is 34.9 Å². The number of rotatable bonds is 6. The van der Waals surface area contributed by atoms with Gasteiger partial charge in [0.25, 0.3) is 17.6 Å². The van der Waals surface area contributed by atoms with Gasteiger partial charge in [0, 0.05) is 29.9 Å². The Balaban J connectivity index is 1.42. The topological polar surface area (TPSA) is 119 Å². The van der Waals surface area contributed by atoms with Crippen molar-refractivity contribution in [3.05, 3.63) is 63.1 Å². The number of nitrogens with one attached hydrogen (secondary N) is 2. The highest BCUT2D eigenvalue weighted by Crippen LogP contribution is 2.45. The number of halogens is 1. The molecule has 0 bridgehead atoms. The first-order chi connectivity index (χ1) is 16.2. The molecular weight excluding hydrogens is 458 g/mol. The number of carbonyl (C=O) groups excluding carboxylic acids is 3. The molecule has 10 heteroatoms. The van der Waals surface area contributed by atoms with Crippen LogP contribution in [0.1, 0.15) is 68.7 Å². The molecule has 0 saturated heterocycles. The highest BCUT2D eigenvalue weighted by atomic mass is 35.5. The molecule has 1 aliphatic heterocycles. The van der Waals surface area contributed by atoms with Crippen LogP contribution in [0.2, 0.25) is 5.02 Å². The van der Waals surface area contributed by atoms with E-state index in [9.17, 15) is 14.4 Å². The SMILES string of the molecule is Cc1nnc(C2(NC(=O)C(=O)c3c(C)c(C(=O)Nc4ccc(C)c(Cl)c4)n4c3CCC4)CC2)o1. The number of anilines is 1. The summed E-state index contributed by atoms with van der Waals surface area (Å²) in [5, 5.41) is 14.0. The molecule has 1 aromatic carbocycles. The van der Waals surface area contributed by atoms with E-state index in [4.69, 9.17) is 16.0 Å². The van der Waals surface area contributed by atoms with Crippen LogP contribution in [0.5, 0.6) is 0 Å². The van der Waals surface area contributed by atoms with Gasteiger partial charge in [0.1, 0.15) is 11.2 Å². The van der Waals surface area contributed by atoms with Crippen LogP contribution in [0.25, 0.3) is 0 Å². The van der Waals surface area contributed by atoms with Gasteiger partial charge in [-0.2, -0.15) is 0 Å². The lowest BCUT2D eigenvalue weighted by atomic mass is 10.0. The minimum atomic E-state index is -0.796. The number of benzene rings is 1. The third kappa shape index (κ3) is 3.69. The summed E-state index contributed by atoms with van der Waals surface area (Å²) in [6, 6.07) is 5.28. The molecule has 1 aliphatic carbocycles. The lowest BCUT2D eigenvalue weighted by molar-refractivity contribution is -0.118. The smallest absolute Gasteiger partial charge is 0.293 e. The van der Waals surface area contributed by atoms with Crippen LogP contribution in [0.4, 0.5) is 5.69 Å². The van der Waals surface area contributed by atoms with E-state index in [0.717, 1.165) is 12.0 Å². The number of amides is 2. The van der Waals surface area contributed by atoms with Gasteiger partial charge < -0.3 is 19.6 Å². The normalized spacial score (nSPS) is 15.6. The van der Waals surface area contributed by atoms with Crippen molar-refractivity contribution in [2.24, 2.45) is 0 Å².